The van der Waals surface area contributed by atoms with Gasteiger partial charge in [0.05, 0.1) is 22.4 Å². The number of hydrogen-bond donors (Lipinski definition) is 2. The van der Waals surface area contributed by atoms with Crippen molar-refractivity contribution in [3.8, 4) is 6.07 Å². The van der Waals surface area contributed by atoms with E-state index in [9.17, 15) is 26.7 Å². The molecular weight excluding hydrogens is 357 g/mol. The minimum Gasteiger partial charge on any atom is -0.396 e. The van der Waals surface area contributed by atoms with E-state index in [1.54, 1.807) is 6.08 Å². The summed E-state index contributed by atoms with van der Waals surface area (Å²) in [5.41, 5.74) is -2.02. The van der Waals surface area contributed by atoms with Crippen molar-refractivity contribution in [2.75, 3.05) is 11.3 Å². The number of aliphatic hydroxyl groups is 1. The van der Waals surface area contributed by atoms with Crippen LogP contribution >= 0.6 is 0 Å². The first kappa shape index (κ1) is 17.8. The molecule has 3 rings (SSSR count). The molecule has 1 aromatic rings. The number of hydrogen-bond acceptors (Lipinski definition) is 4. The van der Waals surface area contributed by atoms with Gasteiger partial charge in [0.25, 0.3) is 0 Å². The normalized spacial score (nSPS) is 28.1. The molecule has 25 heavy (non-hydrogen) atoms. The third kappa shape index (κ3) is 3.12. The Kier molecular flexibility index (Phi) is 4.29. The van der Waals surface area contributed by atoms with Crippen molar-refractivity contribution in [3.05, 3.63) is 41.5 Å². The van der Waals surface area contributed by atoms with E-state index < -0.39 is 38.5 Å². The van der Waals surface area contributed by atoms with Gasteiger partial charge in [-0.1, -0.05) is 12.2 Å². The molecule has 134 valence electrons. The Bertz CT molecular complexity index is 858. The number of nitrogens with one attached hydrogen (secondary N) is 1. The van der Waals surface area contributed by atoms with Gasteiger partial charge in [-0.3, -0.25) is 4.72 Å². The molecule has 9 heteroatoms. The van der Waals surface area contributed by atoms with Crippen LogP contribution in [-0.2, 0) is 16.2 Å². The molecule has 0 amide bonds. The average molecular weight is 372 g/mol. The molecule has 2 bridgehead atoms. The zero-order valence-corrected chi connectivity index (χ0v) is 13.7. The van der Waals surface area contributed by atoms with E-state index in [1.807, 2.05) is 6.08 Å². The van der Waals surface area contributed by atoms with Crippen LogP contribution in [0.5, 0.6) is 0 Å². The van der Waals surface area contributed by atoms with Crippen molar-refractivity contribution in [1.29, 1.82) is 5.26 Å². The summed E-state index contributed by atoms with van der Waals surface area (Å²) >= 11 is 0. The van der Waals surface area contributed by atoms with E-state index in [0.29, 0.717) is 12.5 Å². The van der Waals surface area contributed by atoms with Crippen molar-refractivity contribution in [2.24, 2.45) is 17.8 Å². The highest BCUT2D eigenvalue weighted by molar-refractivity contribution is 7.93. The molecule has 0 aromatic heterocycles. The molecule has 2 N–H and O–H groups in total. The van der Waals surface area contributed by atoms with Gasteiger partial charge in [-0.2, -0.15) is 18.4 Å². The Morgan fingerprint density at radius 2 is 1.96 bits per heavy atom. The molecule has 1 unspecified atom stereocenters. The maximum atomic E-state index is 13.0. The van der Waals surface area contributed by atoms with Crippen molar-refractivity contribution < 1.29 is 26.7 Å². The lowest BCUT2D eigenvalue weighted by Crippen LogP contribution is -2.39. The molecule has 0 saturated heterocycles. The Labute approximate surface area is 142 Å². The van der Waals surface area contributed by atoms with Gasteiger partial charge >= 0.3 is 6.18 Å². The fourth-order valence-corrected chi connectivity index (χ4v) is 5.75. The molecular formula is C16H15F3N2O3S. The SMILES string of the molecule is N#Cc1ccc(NS(=O)(=O)C2[C@@H](CO)[C@H]3C=C[C@H]2C3)cc1C(F)(F)F. The summed E-state index contributed by atoms with van der Waals surface area (Å²) in [6, 6.07) is 4.13. The molecule has 0 heterocycles. The zero-order chi connectivity index (χ0) is 18.4. The monoisotopic (exact) mass is 372 g/mol. The maximum Gasteiger partial charge on any atom is 0.417 e. The van der Waals surface area contributed by atoms with E-state index in [1.165, 1.54) is 6.07 Å². The third-order valence-electron chi connectivity index (χ3n) is 4.82. The standard InChI is InChI=1S/C16H15F3N2O3S/c17-16(18,19)14-6-12(4-3-11(14)7-20)21-25(23,24)15-10-2-1-9(5-10)13(15)8-22/h1-4,6,9-10,13,15,21-22H,5,8H2/t9-,10-,13-,15?/m0/s1. The third-order valence-corrected chi connectivity index (χ3v) is 6.75. The van der Waals surface area contributed by atoms with Crippen LogP contribution in [0.15, 0.2) is 30.4 Å². The predicted molar refractivity (Wildman–Crippen MR) is 83.8 cm³/mol. The van der Waals surface area contributed by atoms with E-state index in [0.717, 1.165) is 12.1 Å². The molecule has 4 atom stereocenters. The summed E-state index contributed by atoms with van der Waals surface area (Å²) in [6.45, 7) is -0.307. The van der Waals surface area contributed by atoms with E-state index in [4.69, 9.17) is 5.26 Å². The Morgan fingerprint density at radius 1 is 1.28 bits per heavy atom. The highest BCUT2D eigenvalue weighted by atomic mass is 32.2. The Morgan fingerprint density at radius 3 is 2.56 bits per heavy atom. The number of fused-ring (bicyclic) bond motifs is 2. The number of nitrogens with zero attached hydrogens (tertiary/aromatic N) is 1. The molecule has 1 aromatic carbocycles. The van der Waals surface area contributed by atoms with Crippen LogP contribution < -0.4 is 4.72 Å². The van der Waals surface area contributed by atoms with Gasteiger partial charge < -0.3 is 5.11 Å². The van der Waals surface area contributed by atoms with Crippen LogP contribution in [-0.4, -0.2) is 25.4 Å². The van der Waals surface area contributed by atoms with Gasteiger partial charge in [-0.05, 0) is 36.5 Å². The van der Waals surface area contributed by atoms with Gasteiger partial charge in [0.15, 0.2) is 0 Å². The van der Waals surface area contributed by atoms with Crippen molar-refractivity contribution in [2.45, 2.75) is 17.8 Å². The number of anilines is 1. The van der Waals surface area contributed by atoms with Crippen molar-refractivity contribution in [1.82, 2.24) is 0 Å². The minimum absolute atomic E-state index is 0.0386. The predicted octanol–water partition coefficient (Wildman–Crippen LogP) is 2.50. The molecule has 0 spiro atoms. The molecule has 1 fully saturated rings. The summed E-state index contributed by atoms with van der Waals surface area (Å²) in [4.78, 5) is 0. The lowest BCUT2D eigenvalue weighted by Gasteiger charge is -2.26. The first-order valence-corrected chi connectivity index (χ1v) is 9.14. The van der Waals surface area contributed by atoms with Crippen LogP contribution in [0.3, 0.4) is 0 Å². The fourth-order valence-electron chi connectivity index (χ4n) is 3.75. The number of aliphatic hydroxyl groups excluding tert-OH is 1. The quantitative estimate of drug-likeness (QED) is 0.795. The second-order valence-electron chi connectivity index (χ2n) is 6.28. The largest absolute Gasteiger partial charge is 0.417 e. The lowest BCUT2D eigenvalue weighted by atomic mass is 9.94. The summed E-state index contributed by atoms with van der Waals surface area (Å²) in [5.74, 6) is -0.781. The zero-order valence-electron chi connectivity index (χ0n) is 12.9. The van der Waals surface area contributed by atoms with Crippen LogP contribution in [0.4, 0.5) is 18.9 Å². The lowest BCUT2D eigenvalue weighted by molar-refractivity contribution is -0.137. The summed E-state index contributed by atoms with van der Waals surface area (Å²) in [5, 5.41) is 17.4. The van der Waals surface area contributed by atoms with Gasteiger partial charge in [0.1, 0.15) is 0 Å². The topological polar surface area (TPSA) is 90.2 Å². The molecule has 2 aliphatic carbocycles. The molecule has 0 aliphatic heterocycles. The van der Waals surface area contributed by atoms with Crippen LogP contribution in [0.25, 0.3) is 0 Å². The Hall–Kier alpha value is -2.05. The molecule has 5 nitrogen and oxygen atoms in total. The number of nitriles is 1. The maximum absolute atomic E-state index is 13.0. The number of allylic oxidation sites excluding steroid dienone is 2. The summed E-state index contributed by atoms with van der Waals surface area (Å²) < 4.78 is 66.6. The summed E-state index contributed by atoms with van der Waals surface area (Å²) in [7, 11) is -4.00. The van der Waals surface area contributed by atoms with Gasteiger partial charge in [0, 0.05) is 18.2 Å². The number of benzene rings is 1. The number of sulfonamides is 1. The van der Waals surface area contributed by atoms with Gasteiger partial charge in [-0.25, -0.2) is 8.42 Å². The van der Waals surface area contributed by atoms with E-state index in [-0.39, 0.29) is 24.1 Å². The second-order valence-corrected chi connectivity index (χ2v) is 8.11. The number of halogens is 3. The average Bonchev–Trinajstić information content (AvgIpc) is 3.14. The van der Waals surface area contributed by atoms with Gasteiger partial charge in [-0.15, -0.1) is 0 Å². The van der Waals surface area contributed by atoms with Crippen LogP contribution in [0, 0.1) is 29.1 Å². The van der Waals surface area contributed by atoms with Crippen LogP contribution in [0.2, 0.25) is 0 Å². The molecule has 1 saturated carbocycles. The minimum atomic E-state index is -4.77. The first-order valence-electron chi connectivity index (χ1n) is 7.59. The molecule has 2 aliphatic rings. The van der Waals surface area contributed by atoms with Gasteiger partial charge in [0.2, 0.25) is 10.0 Å². The van der Waals surface area contributed by atoms with Crippen molar-refractivity contribution in [3.63, 3.8) is 0 Å². The number of alkyl halides is 3. The highest BCUT2D eigenvalue weighted by Crippen LogP contribution is 2.47. The fraction of sp³-hybridized carbons (Fsp3) is 0.438. The van der Waals surface area contributed by atoms with E-state index in [2.05, 4.69) is 4.72 Å². The number of rotatable bonds is 4. The smallest absolute Gasteiger partial charge is 0.396 e. The Balaban J connectivity index is 1.92. The molecule has 0 radical (unpaired) electrons. The van der Waals surface area contributed by atoms with Crippen molar-refractivity contribution >= 4 is 15.7 Å². The second kappa shape index (κ2) is 6.04. The van der Waals surface area contributed by atoms with Crippen LogP contribution in [0.1, 0.15) is 17.5 Å². The first-order chi connectivity index (χ1) is 11.7. The summed E-state index contributed by atoms with van der Waals surface area (Å²) in [6.07, 6.45) is -0.505. The highest BCUT2D eigenvalue weighted by Gasteiger charge is 2.50. The van der Waals surface area contributed by atoms with E-state index >= 15 is 0 Å².